The minimum absolute atomic E-state index is 0.0662. The Hall–Kier alpha value is -3.67. The van der Waals surface area contributed by atoms with Gasteiger partial charge in [-0.2, -0.15) is 0 Å². The van der Waals surface area contributed by atoms with Gasteiger partial charge < -0.3 is 14.3 Å². The van der Waals surface area contributed by atoms with Gasteiger partial charge in [-0.15, -0.1) is 0 Å². The number of aryl methyl sites for hydroxylation is 1. The third-order valence-electron chi connectivity index (χ3n) is 4.81. The van der Waals surface area contributed by atoms with Crippen LogP contribution >= 0.6 is 0 Å². The monoisotopic (exact) mass is 390 g/mol. The van der Waals surface area contributed by atoms with E-state index in [4.69, 9.17) is 4.42 Å². The van der Waals surface area contributed by atoms with Gasteiger partial charge in [-0.1, -0.05) is 48.5 Å². The molecule has 4 rings (SSSR count). The molecule has 0 unspecified atom stereocenters. The van der Waals surface area contributed by atoms with Crippen molar-refractivity contribution in [1.82, 2.24) is 9.88 Å². The van der Waals surface area contributed by atoms with Gasteiger partial charge >= 0.3 is 0 Å². The zero-order valence-corrected chi connectivity index (χ0v) is 15.8. The zero-order chi connectivity index (χ0) is 20.4. The maximum absolute atomic E-state index is 14.0. The molecule has 5 nitrogen and oxygen atoms in total. The summed E-state index contributed by atoms with van der Waals surface area (Å²) in [6, 6.07) is 17.4. The molecule has 0 fully saturated rings. The quantitative estimate of drug-likeness (QED) is 0.560. The lowest BCUT2D eigenvalue weighted by Crippen LogP contribution is -2.26. The number of aromatic nitrogens is 1. The number of amides is 1. The van der Waals surface area contributed by atoms with Crippen LogP contribution in [0.15, 0.2) is 76.1 Å². The third kappa shape index (κ3) is 3.69. The highest BCUT2D eigenvalue weighted by atomic mass is 19.1. The lowest BCUT2D eigenvalue weighted by Gasteiger charge is -2.08. The van der Waals surface area contributed by atoms with Gasteiger partial charge in [0.25, 0.3) is 11.5 Å². The molecular weight excluding hydrogens is 371 g/mol. The molecule has 0 bridgehead atoms. The number of benzene rings is 2. The van der Waals surface area contributed by atoms with Crippen LogP contribution in [0.25, 0.3) is 11.0 Å². The SMILES string of the molecule is Cc1oc2ccn(Cc3ccccc3F)c(=O)c2c1C(=O)NCc1ccccc1. The summed E-state index contributed by atoms with van der Waals surface area (Å²) >= 11 is 0. The van der Waals surface area contributed by atoms with Crippen molar-refractivity contribution in [1.29, 1.82) is 0 Å². The van der Waals surface area contributed by atoms with E-state index in [2.05, 4.69) is 5.32 Å². The van der Waals surface area contributed by atoms with E-state index in [-0.39, 0.29) is 29.2 Å². The highest BCUT2D eigenvalue weighted by molar-refractivity contribution is 6.06. The topological polar surface area (TPSA) is 64.2 Å². The summed E-state index contributed by atoms with van der Waals surface area (Å²) in [4.78, 5) is 25.9. The highest BCUT2D eigenvalue weighted by Gasteiger charge is 2.22. The van der Waals surface area contributed by atoms with Crippen LogP contribution in [-0.4, -0.2) is 10.5 Å². The van der Waals surface area contributed by atoms with E-state index in [0.717, 1.165) is 5.56 Å². The second kappa shape index (κ2) is 7.75. The summed E-state index contributed by atoms with van der Waals surface area (Å²) in [5.74, 6) is -0.402. The van der Waals surface area contributed by atoms with Crippen molar-refractivity contribution in [2.24, 2.45) is 0 Å². The van der Waals surface area contributed by atoms with Crippen LogP contribution in [0.3, 0.4) is 0 Å². The molecule has 0 saturated heterocycles. The molecule has 0 radical (unpaired) electrons. The number of hydrogen-bond donors (Lipinski definition) is 1. The van der Waals surface area contributed by atoms with Gasteiger partial charge in [0.1, 0.15) is 17.2 Å². The molecule has 0 aliphatic carbocycles. The van der Waals surface area contributed by atoms with E-state index in [1.807, 2.05) is 30.3 Å². The van der Waals surface area contributed by atoms with E-state index >= 15 is 0 Å². The average molecular weight is 390 g/mol. The number of pyridine rings is 1. The van der Waals surface area contributed by atoms with Crippen LogP contribution < -0.4 is 10.9 Å². The van der Waals surface area contributed by atoms with Crippen LogP contribution in [-0.2, 0) is 13.1 Å². The van der Waals surface area contributed by atoms with Gasteiger partial charge in [0.2, 0.25) is 0 Å². The molecule has 0 atom stereocenters. The number of hydrogen-bond acceptors (Lipinski definition) is 3. The third-order valence-corrected chi connectivity index (χ3v) is 4.81. The second-order valence-electron chi connectivity index (χ2n) is 6.78. The van der Waals surface area contributed by atoms with Crippen molar-refractivity contribution in [2.45, 2.75) is 20.0 Å². The van der Waals surface area contributed by atoms with Crippen LogP contribution in [0.4, 0.5) is 4.39 Å². The lowest BCUT2D eigenvalue weighted by atomic mass is 10.1. The summed E-state index contributed by atoms with van der Waals surface area (Å²) in [6.07, 6.45) is 1.55. The van der Waals surface area contributed by atoms with Crippen molar-refractivity contribution < 1.29 is 13.6 Å². The molecule has 2 heterocycles. The van der Waals surface area contributed by atoms with Gasteiger partial charge in [0, 0.05) is 18.3 Å². The number of carbonyl (C=O) groups is 1. The molecule has 6 heteroatoms. The first-order valence-electron chi connectivity index (χ1n) is 9.22. The molecular formula is C23H19FN2O3. The number of rotatable bonds is 5. The number of nitrogens with zero attached hydrogens (tertiary/aromatic N) is 1. The largest absolute Gasteiger partial charge is 0.460 e. The molecule has 0 aliphatic heterocycles. The Morgan fingerprint density at radius 1 is 1.07 bits per heavy atom. The molecule has 29 heavy (non-hydrogen) atoms. The van der Waals surface area contributed by atoms with Crippen LogP contribution in [0, 0.1) is 12.7 Å². The van der Waals surface area contributed by atoms with Gasteiger partial charge in [-0.25, -0.2) is 4.39 Å². The second-order valence-corrected chi connectivity index (χ2v) is 6.78. The van der Waals surface area contributed by atoms with Crippen LogP contribution in [0.2, 0.25) is 0 Å². The molecule has 0 saturated carbocycles. The van der Waals surface area contributed by atoms with Crippen LogP contribution in [0.1, 0.15) is 27.2 Å². The molecule has 0 spiro atoms. The van der Waals surface area contributed by atoms with E-state index < -0.39 is 5.56 Å². The molecule has 0 aliphatic rings. The maximum Gasteiger partial charge on any atom is 0.262 e. The van der Waals surface area contributed by atoms with Gasteiger partial charge in [-0.05, 0) is 24.6 Å². The Morgan fingerprint density at radius 3 is 2.55 bits per heavy atom. The summed E-state index contributed by atoms with van der Waals surface area (Å²) in [7, 11) is 0. The summed E-state index contributed by atoms with van der Waals surface area (Å²) in [6.45, 7) is 2.05. The number of nitrogens with one attached hydrogen (secondary N) is 1. The van der Waals surface area contributed by atoms with E-state index in [1.165, 1.54) is 10.6 Å². The fourth-order valence-electron chi connectivity index (χ4n) is 3.34. The highest BCUT2D eigenvalue weighted by Crippen LogP contribution is 2.23. The predicted molar refractivity (Wildman–Crippen MR) is 108 cm³/mol. The molecule has 4 aromatic rings. The predicted octanol–water partition coefficient (Wildman–Crippen LogP) is 4.02. The smallest absolute Gasteiger partial charge is 0.262 e. The fourth-order valence-corrected chi connectivity index (χ4v) is 3.34. The first-order valence-corrected chi connectivity index (χ1v) is 9.22. The van der Waals surface area contributed by atoms with E-state index in [1.54, 1.807) is 37.4 Å². The minimum Gasteiger partial charge on any atom is -0.460 e. The lowest BCUT2D eigenvalue weighted by molar-refractivity contribution is 0.0950. The summed E-state index contributed by atoms with van der Waals surface area (Å²) < 4.78 is 21.0. The normalized spacial score (nSPS) is 11.0. The Labute approximate surface area is 166 Å². The molecule has 1 amide bonds. The zero-order valence-electron chi connectivity index (χ0n) is 15.8. The number of fused-ring (bicyclic) bond motifs is 1. The van der Waals surface area contributed by atoms with Crippen molar-refractivity contribution in [3.8, 4) is 0 Å². The van der Waals surface area contributed by atoms with Crippen LogP contribution in [0.5, 0.6) is 0 Å². The standard InChI is InChI=1S/C23H19FN2O3/c1-15-20(22(27)25-13-16-7-3-2-4-8-16)21-19(29-15)11-12-26(23(21)28)14-17-9-5-6-10-18(17)24/h2-12H,13-14H2,1H3,(H,25,27). The molecule has 2 aromatic carbocycles. The first kappa shape index (κ1) is 18.7. The molecule has 2 aromatic heterocycles. The Bertz CT molecular complexity index is 1240. The van der Waals surface area contributed by atoms with Gasteiger partial charge in [0.05, 0.1) is 17.5 Å². The fraction of sp³-hybridized carbons (Fsp3) is 0.130. The van der Waals surface area contributed by atoms with E-state index in [0.29, 0.717) is 23.5 Å². The Kier molecular flexibility index (Phi) is 4.99. The average Bonchev–Trinajstić information content (AvgIpc) is 3.07. The van der Waals surface area contributed by atoms with Crippen molar-refractivity contribution in [3.05, 3.63) is 105 Å². The number of furan rings is 1. The minimum atomic E-state index is -0.396. The number of carbonyl (C=O) groups excluding carboxylic acids is 1. The summed E-state index contributed by atoms with van der Waals surface area (Å²) in [5, 5.41) is 3.03. The maximum atomic E-state index is 14.0. The molecule has 1 N–H and O–H groups in total. The van der Waals surface area contributed by atoms with E-state index in [9.17, 15) is 14.0 Å². The Balaban J connectivity index is 1.69. The summed E-state index contributed by atoms with van der Waals surface area (Å²) in [5.41, 5.74) is 1.49. The van der Waals surface area contributed by atoms with Crippen molar-refractivity contribution in [3.63, 3.8) is 0 Å². The van der Waals surface area contributed by atoms with Gasteiger partial charge in [0.15, 0.2) is 0 Å². The Morgan fingerprint density at radius 2 is 1.79 bits per heavy atom. The van der Waals surface area contributed by atoms with Gasteiger partial charge in [-0.3, -0.25) is 9.59 Å². The van der Waals surface area contributed by atoms with Crippen molar-refractivity contribution >= 4 is 16.9 Å². The van der Waals surface area contributed by atoms with Crippen molar-refractivity contribution in [2.75, 3.05) is 0 Å². The number of halogens is 1. The molecule has 146 valence electrons. The first-order chi connectivity index (χ1) is 14.0.